The molecule has 20 heavy (non-hydrogen) atoms. The van der Waals surface area contributed by atoms with E-state index in [1.54, 1.807) is 6.07 Å². The number of aliphatic hydroxyl groups excluding tert-OH is 1. The third kappa shape index (κ3) is 3.56. The van der Waals surface area contributed by atoms with Gasteiger partial charge in [-0.05, 0) is 38.2 Å². The van der Waals surface area contributed by atoms with Crippen LogP contribution < -0.4 is 5.32 Å². The molecule has 1 amide bonds. The summed E-state index contributed by atoms with van der Waals surface area (Å²) in [6, 6.07) is 4.28. The SMILES string of the molecule is CN1CCC(NC(=O)c2ccc(C#CCO)c(F)c2)C1. The molecule has 1 atom stereocenters. The summed E-state index contributed by atoms with van der Waals surface area (Å²) in [6.07, 6.45) is 0.908. The van der Waals surface area contributed by atoms with Crippen LogP contribution >= 0.6 is 0 Å². The van der Waals surface area contributed by atoms with E-state index in [2.05, 4.69) is 22.1 Å². The smallest absolute Gasteiger partial charge is 0.251 e. The van der Waals surface area contributed by atoms with Crippen LogP contribution in [0.5, 0.6) is 0 Å². The Morgan fingerprint density at radius 2 is 2.40 bits per heavy atom. The molecule has 0 aliphatic carbocycles. The predicted molar refractivity (Wildman–Crippen MR) is 73.7 cm³/mol. The van der Waals surface area contributed by atoms with Gasteiger partial charge in [-0.15, -0.1) is 0 Å². The van der Waals surface area contributed by atoms with Gasteiger partial charge in [-0.1, -0.05) is 11.8 Å². The summed E-state index contributed by atoms with van der Waals surface area (Å²) < 4.78 is 13.7. The van der Waals surface area contributed by atoms with E-state index in [1.165, 1.54) is 12.1 Å². The molecular weight excluding hydrogens is 259 g/mol. The number of nitrogens with one attached hydrogen (secondary N) is 1. The van der Waals surface area contributed by atoms with Crippen molar-refractivity contribution in [3.05, 3.63) is 35.1 Å². The second kappa shape index (κ2) is 6.51. The number of likely N-dealkylation sites (N-methyl/N-ethyl adjacent to an activating group) is 1. The normalized spacial score (nSPS) is 18.4. The molecule has 1 saturated heterocycles. The molecule has 1 aliphatic heterocycles. The molecule has 1 fully saturated rings. The van der Waals surface area contributed by atoms with E-state index in [0.717, 1.165) is 19.5 Å². The molecule has 1 heterocycles. The zero-order valence-electron chi connectivity index (χ0n) is 11.3. The molecular formula is C15H17FN2O2. The highest BCUT2D eigenvalue weighted by atomic mass is 19.1. The van der Waals surface area contributed by atoms with Crippen molar-refractivity contribution < 1.29 is 14.3 Å². The third-order valence-electron chi connectivity index (χ3n) is 3.26. The molecule has 1 aliphatic rings. The highest BCUT2D eigenvalue weighted by molar-refractivity contribution is 5.94. The van der Waals surface area contributed by atoms with E-state index in [-0.39, 0.29) is 29.7 Å². The Bertz CT molecular complexity index is 563. The Morgan fingerprint density at radius 3 is 3.00 bits per heavy atom. The molecule has 2 rings (SSSR count). The molecule has 0 saturated carbocycles. The van der Waals surface area contributed by atoms with Gasteiger partial charge in [0.05, 0.1) is 5.56 Å². The predicted octanol–water partition coefficient (Wildman–Crippen LogP) is 0.603. The number of carbonyl (C=O) groups excluding carboxylic acids is 1. The van der Waals surface area contributed by atoms with Crippen LogP contribution in [-0.4, -0.2) is 48.7 Å². The maximum atomic E-state index is 13.7. The number of hydrogen-bond donors (Lipinski definition) is 2. The van der Waals surface area contributed by atoms with Gasteiger partial charge in [-0.25, -0.2) is 4.39 Å². The fourth-order valence-corrected chi connectivity index (χ4v) is 2.21. The van der Waals surface area contributed by atoms with Crippen LogP contribution in [-0.2, 0) is 0 Å². The second-order valence-electron chi connectivity index (χ2n) is 4.88. The first-order chi connectivity index (χ1) is 9.60. The number of likely N-dealkylation sites (tertiary alicyclic amines) is 1. The van der Waals surface area contributed by atoms with Crippen LogP contribution in [0.15, 0.2) is 18.2 Å². The maximum absolute atomic E-state index is 13.7. The Morgan fingerprint density at radius 1 is 1.60 bits per heavy atom. The minimum absolute atomic E-state index is 0.115. The molecule has 5 heteroatoms. The molecule has 2 N–H and O–H groups in total. The van der Waals surface area contributed by atoms with Crippen molar-refractivity contribution >= 4 is 5.91 Å². The van der Waals surface area contributed by atoms with Crippen LogP contribution in [0.1, 0.15) is 22.3 Å². The number of halogens is 1. The van der Waals surface area contributed by atoms with Crippen LogP contribution in [0.2, 0.25) is 0 Å². The van der Waals surface area contributed by atoms with Gasteiger partial charge in [0, 0.05) is 18.2 Å². The first-order valence-corrected chi connectivity index (χ1v) is 6.49. The number of hydrogen-bond acceptors (Lipinski definition) is 3. The highest BCUT2D eigenvalue weighted by Crippen LogP contribution is 2.11. The van der Waals surface area contributed by atoms with Gasteiger partial charge in [-0.2, -0.15) is 0 Å². The zero-order valence-corrected chi connectivity index (χ0v) is 11.3. The van der Waals surface area contributed by atoms with E-state index in [0.29, 0.717) is 0 Å². The molecule has 0 aromatic heterocycles. The quantitative estimate of drug-likeness (QED) is 0.778. The minimum atomic E-state index is -0.554. The number of aliphatic hydroxyl groups is 1. The third-order valence-corrected chi connectivity index (χ3v) is 3.26. The van der Waals surface area contributed by atoms with Crippen molar-refractivity contribution in [1.82, 2.24) is 10.2 Å². The van der Waals surface area contributed by atoms with E-state index < -0.39 is 5.82 Å². The number of nitrogens with zero attached hydrogens (tertiary/aromatic N) is 1. The lowest BCUT2D eigenvalue weighted by Crippen LogP contribution is -2.36. The Labute approximate surface area is 117 Å². The first kappa shape index (κ1) is 14.5. The molecule has 1 aromatic rings. The standard InChI is InChI=1S/C15H17FN2O2/c1-18-7-6-13(10-18)17-15(20)12-5-4-11(3-2-8-19)14(16)9-12/h4-5,9,13,19H,6-8,10H2,1H3,(H,17,20). The number of carbonyl (C=O) groups is 1. The van der Waals surface area contributed by atoms with Crippen molar-refractivity contribution in [3.63, 3.8) is 0 Å². The molecule has 106 valence electrons. The van der Waals surface area contributed by atoms with Gasteiger partial charge in [0.1, 0.15) is 12.4 Å². The van der Waals surface area contributed by atoms with Crippen LogP contribution in [0.4, 0.5) is 4.39 Å². The summed E-state index contributed by atoms with van der Waals surface area (Å²) in [5, 5.41) is 11.5. The fourth-order valence-electron chi connectivity index (χ4n) is 2.21. The summed E-state index contributed by atoms with van der Waals surface area (Å²) in [7, 11) is 2.00. The van der Waals surface area contributed by atoms with E-state index in [4.69, 9.17) is 5.11 Å². The average Bonchev–Trinajstić information content (AvgIpc) is 2.82. The van der Waals surface area contributed by atoms with Crippen molar-refractivity contribution in [1.29, 1.82) is 0 Å². The molecule has 0 spiro atoms. The van der Waals surface area contributed by atoms with E-state index in [9.17, 15) is 9.18 Å². The summed E-state index contributed by atoms with van der Waals surface area (Å²) in [4.78, 5) is 14.2. The minimum Gasteiger partial charge on any atom is -0.384 e. The van der Waals surface area contributed by atoms with Crippen LogP contribution in [0, 0.1) is 17.7 Å². The summed E-state index contributed by atoms with van der Waals surface area (Å²) in [5.74, 6) is 4.05. The number of benzene rings is 1. The van der Waals surface area contributed by atoms with Crippen molar-refractivity contribution in [2.75, 3.05) is 26.7 Å². The topological polar surface area (TPSA) is 52.6 Å². The van der Waals surface area contributed by atoms with Crippen molar-refractivity contribution in [2.24, 2.45) is 0 Å². The monoisotopic (exact) mass is 276 g/mol. The lowest BCUT2D eigenvalue weighted by molar-refractivity contribution is 0.0938. The molecule has 0 bridgehead atoms. The molecule has 1 aromatic carbocycles. The molecule has 0 radical (unpaired) electrons. The zero-order chi connectivity index (χ0) is 14.5. The fraction of sp³-hybridized carbons (Fsp3) is 0.400. The molecule has 1 unspecified atom stereocenters. The Kier molecular flexibility index (Phi) is 4.72. The molecule has 4 nitrogen and oxygen atoms in total. The number of rotatable bonds is 2. The Hall–Kier alpha value is -1.90. The van der Waals surface area contributed by atoms with Gasteiger partial charge in [0.15, 0.2) is 0 Å². The van der Waals surface area contributed by atoms with Crippen LogP contribution in [0.25, 0.3) is 0 Å². The van der Waals surface area contributed by atoms with Gasteiger partial charge in [0.25, 0.3) is 5.91 Å². The van der Waals surface area contributed by atoms with E-state index >= 15 is 0 Å². The van der Waals surface area contributed by atoms with Gasteiger partial charge in [0.2, 0.25) is 0 Å². The average molecular weight is 276 g/mol. The summed E-state index contributed by atoms with van der Waals surface area (Å²) >= 11 is 0. The van der Waals surface area contributed by atoms with Crippen LogP contribution in [0.3, 0.4) is 0 Å². The van der Waals surface area contributed by atoms with E-state index in [1.807, 2.05) is 7.05 Å². The number of amides is 1. The summed E-state index contributed by atoms with van der Waals surface area (Å²) in [6.45, 7) is 1.44. The lowest BCUT2D eigenvalue weighted by atomic mass is 10.1. The van der Waals surface area contributed by atoms with Gasteiger partial charge >= 0.3 is 0 Å². The van der Waals surface area contributed by atoms with Gasteiger partial charge < -0.3 is 15.3 Å². The van der Waals surface area contributed by atoms with Crippen molar-refractivity contribution in [2.45, 2.75) is 12.5 Å². The van der Waals surface area contributed by atoms with Crippen molar-refractivity contribution in [3.8, 4) is 11.8 Å². The maximum Gasteiger partial charge on any atom is 0.251 e. The highest BCUT2D eigenvalue weighted by Gasteiger charge is 2.21. The lowest BCUT2D eigenvalue weighted by Gasteiger charge is -2.13. The second-order valence-corrected chi connectivity index (χ2v) is 4.88. The first-order valence-electron chi connectivity index (χ1n) is 6.49. The van der Waals surface area contributed by atoms with Gasteiger partial charge in [-0.3, -0.25) is 4.79 Å². The summed E-state index contributed by atoms with van der Waals surface area (Å²) in [5.41, 5.74) is 0.461. The Balaban J connectivity index is 2.05. The largest absolute Gasteiger partial charge is 0.384 e.